The number of nitrogens with zero attached hydrogens (tertiary/aromatic N) is 1. The van der Waals surface area contributed by atoms with Gasteiger partial charge in [0, 0.05) is 18.2 Å². The van der Waals surface area contributed by atoms with Crippen molar-refractivity contribution in [3.63, 3.8) is 0 Å². The molecule has 2 aliphatic rings. The average molecular weight is 436 g/mol. The van der Waals surface area contributed by atoms with Gasteiger partial charge in [0.05, 0.1) is 12.3 Å². The van der Waals surface area contributed by atoms with Gasteiger partial charge in [0.15, 0.2) is 0 Å². The Morgan fingerprint density at radius 1 is 1.17 bits per heavy atom. The second kappa shape index (κ2) is 7.63. The van der Waals surface area contributed by atoms with Gasteiger partial charge in [0.25, 0.3) is 0 Å². The summed E-state index contributed by atoms with van der Waals surface area (Å²) in [7, 11) is -3.59. The molecule has 2 aromatic carbocycles. The largest absolute Gasteiger partial charge is 0.482 e. The average Bonchev–Trinajstić information content (AvgIpc) is 2.68. The first-order valence-corrected chi connectivity index (χ1v) is 11.6. The quantitative estimate of drug-likeness (QED) is 0.786. The minimum atomic E-state index is -4.08. The second-order valence-electron chi connectivity index (χ2n) is 7.72. The van der Waals surface area contributed by atoms with Gasteiger partial charge in [-0.15, -0.1) is 0 Å². The van der Waals surface area contributed by atoms with Gasteiger partial charge in [-0.3, -0.25) is 4.79 Å². The summed E-state index contributed by atoms with van der Waals surface area (Å²) in [4.78, 5) is 13.9. The van der Waals surface area contributed by atoms with Gasteiger partial charge in [0.2, 0.25) is 10.0 Å². The molecule has 0 aromatic heterocycles. The van der Waals surface area contributed by atoms with Crippen LogP contribution in [0.1, 0.15) is 18.4 Å². The summed E-state index contributed by atoms with van der Waals surface area (Å²) in [6.45, 7) is 0.103. The molecule has 9 heteroatoms. The van der Waals surface area contributed by atoms with Crippen molar-refractivity contribution in [2.75, 3.05) is 12.8 Å². The number of carbonyl (C=O) groups is 1. The van der Waals surface area contributed by atoms with Crippen molar-refractivity contribution < 1.29 is 26.7 Å². The van der Waals surface area contributed by atoms with E-state index in [9.17, 15) is 22.0 Å². The van der Waals surface area contributed by atoms with Gasteiger partial charge in [-0.25, -0.2) is 13.1 Å². The number of halogens is 2. The number of piperidine rings is 1. The van der Waals surface area contributed by atoms with Gasteiger partial charge in [-0.1, -0.05) is 42.5 Å². The number of benzene rings is 2. The molecule has 6 nitrogen and oxygen atoms in total. The molecular weight excluding hydrogens is 414 g/mol. The van der Waals surface area contributed by atoms with Crippen LogP contribution in [0, 0.1) is 0 Å². The molecule has 1 N–H and O–H groups in total. The first-order valence-electron chi connectivity index (χ1n) is 9.67. The van der Waals surface area contributed by atoms with Crippen molar-refractivity contribution in [3.05, 3.63) is 54.1 Å². The fourth-order valence-electron chi connectivity index (χ4n) is 4.22. The fourth-order valence-corrected chi connectivity index (χ4v) is 5.05. The maximum absolute atomic E-state index is 14.9. The van der Waals surface area contributed by atoms with E-state index < -0.39 is 34.1 Å². The van der Waals surface area contributed by atoms with Crippen molar-refractivity contribution in [2.24, 2.45) is 0 Å². The first-order chi connectivity index (χ1) is 14.1. The van der Waals surface area contributed by atoms with E-state index in [1.54, 1.807) is 24.3 Å². The number of hydrogen-bond donors (Lipinski definition) is 1. The number of para-hydroxylation sites is 1. The SMILES string of the molecule is CS(=O)(=O)NC1CCCN2C(=O)C(F)(F)Oc3ccccc3-c3cccc(c3)CC12. The zero-order valence-electron chi connectivity index (χ0n) is 16.3. The molecule has 1 fully saturated rings. The van der Waals surface area contributed by atoms with Crippen LogP contribution in [0.5, 0.6) is 5.75 Å². The Hall–Kier alpha value is -2.52. The Labute approximate surface area is 173 Å². The molecule has 4 rings (SSSR count). The molecule has 30 heavy (non-hydrogen) atoms. The number of hydrogen-bond acceptors (Lipinski definition) is 4. The third-order valence-corrected chi connectivity index (χ3v) is 6.19. The maximum Gasteiger partial charge on any atom is 0.482 e. The van der Waals surface area contributed by atoms with Gasteiger partial charge in [0.1, 0.15) is 5.75 Å². The van der Waals surface area contributed by atoms with Gasteiger partial charge >= 0.3 is 12.0 Å². The van der Waals surface area contributed by atoms with Crippen LogP contribution in [-0.4, -0.2) is 50.2 Å². The summed E-state index contributed by atoms with van der Waals surface area (Å²) in [5, 5.41) is 0. The standard InChI is InChI=1S/C21H22F2N2O4S/c1-30(27,28)24-17-9-5-11-25-18(17)13-14-6-4-7-15(12-14)16-8-2-3-10-19(16)29-21(22,23)20(25)26/h2-4,6-8,10,12,17-18,24H,5,9,11,13H2,1H3. The van der Waals surface area contributed by atoms with E-state index in [1.807, 2.05) is 18.2 Å². The molecular formula is C21H22F2N2O4S. The lowest BCUT2D eigenvalue weighted by Crippen LogP contribution is -2.61. The number of nitrogens with one attached hydrogen (secondary N) is 1. The number of ether oxygens (including phenoxy) is 1. The molecule has 2 aromatic rings. The van der Waals surface area contributed by atoms with E-state index in [4.69, 9.17) is 4.74 Å². The van der Waals surface area contributed by atoms with E-state index in [-0.39, 0.29) is 18.7 Å². The van der Waals surface area contributed by atoms with Crippen LogP contribution in [0.3, 0.4) is 0 Å². The van der Waals surface area contributed by atoms with Gasteiger partial charge in [-0.05, 0) is 36.5 Å². The van der Waals surface area contributed by atoms with Gasteiger partial charge in [-0.2, -0.15) is 8.78 Å². The van der Waals surface area contributed by atoms with E-state index >= 15 is 0 Å². The topological polar surface area (TPSA) is 75.7 Å². The van der Waals surface area contributed by atoms with E-state index in [0.29, 0.717) is 24.0 Å². The number of amides is 1. The van der Waals surface area contributed by atoms with Crippen LogP contribution in [0.4, 0.5) is 8.78 Å². The van der Waals surface area contributed by atoms with Crippen LogP contribution >= 0.6 is 0 Å². The summed E-state index contributed by atoms with van der Waals surface area (Å²) in [6.07, 6.45) is -1.96. The number of rotatable bonds is 2. The van der Waals surface area contributed by atoms with Crippen LogP contribution in [0.15, 0.2) is 48.5 Å². The number of alkyl halides is 2. The van der Waals surface area contributed by atoms with E-state index in [0.717, 1.165) is 16.7 Å². The molecule has 160 valence electrons. The zero-order valence-corrected chi connectivity index (χ0v) is 17.2. The van der Waals surface area contributed by atoms with Crippen LogP contribution in [0.25, 0.3) is 11.1 Å². The zero-order chi connectivity index (χ0) is 21.5. The van der Waals surface area contributed by atoms with Crippen molar-refractivity contribution in [2.45, 2.75) is 37.5 Å². The molecule has 1 amide bonds. The molecule has 2 aliphatic heterocycles. The third kappa shape index (κ3) is 4.17. The summed E-state index contributed by atoms with van der Waals surface area (Å²) in [5.74, 6) is -1.55. The van der Waals surface area contributed by atoms with Crippen molar-refractivity contribution >= 4 is 15.9 Å². The smallest absolute Gasteiger partial charge is 0.425 e. The lowest BCUT2D eigenvalue weighted by Gasteiger charge is -2.42. The van der Waals surface area contributed by atoms with Gasteiger partial charge < -0.3 is 9.64 Å². The number of carbonyl (C=O) groups excluding carboxylic acids is 1. The monoisotopic (exact) mass is 436 g/mol. The minimum absolute atomic E-state index is 0.0886. The third-order valence-electron chi connectivity index (χ3n) is 5.46. The highest BCUT2D eigenvalue weighted by atomic mass is 32.2. The Kier molecular flexibility index (Phi) is 5.27. The Balaban J connectivity index is 1.84. The van der Waals surface area contributed by atoms with Crippen molar-refractivity contribution in [3.8, 4) is 16.9 Å². The molecule has 0 radical (unpaired) electrons. The summed E-state index contributed by atoms with van der Waals surface area (Å²) >= 11 is 0. The highest BCUT2D eigenvalue weighted by molar-refractivity contribution is 7.88. The molecule has 2 bridgehead atoms. The summed E-state index contributed by atoms with van der Waals surface area (Å²) in [6, 6.07) is 12.2. The second-order valence-corrected chi connectivity index (χ2v) is 9.50. The lowest BCUT2D eigenvalue weighted by atomic mass is 9.90. The number of sulfonamides is 1. The Morgan fingerprint density at radius 3 is 2.70 bits per heavy atom. The first kappa shape index (κ1) is 20.7. The van der Waals surface area contributed by atoms with E-state index in [1.165, 1.54) is 6.07 Å². The van der Waals surface area contributed by atoms with Crippen molar-refractivity contribution in [1.82, 2.24) is 9.62 Å². The number of fused-ring (bicyclic) bond motifs is 5. The van der Waals surface area contributed by atoms with E-state index in [2.05, 4.69) is 4.72 Å². The molecule has 2 heterocycles. The predicted octanol–water partition coefficient (Wildman–Crippen LogP) is 2.79. The molecule has 0 saturated carbocycles. The molecule has 0 aliphatic carbocycles. The predicted molar refractivity (Wildman–Crippen MR) is 108 cm³/mol. The van der Waals surface area contributed by atoms with Crippen LogP contribution < -0.4 is 9.46 Å². The highest BCUT2D eigenvalue weighted by Gasteiger charge is 2.50. The normalized spacial score (nSPS) is 23.6. The molecule has 0 spiro atoms. The Bertz CT molecular complexity index is 1070. The maximum atomic E-state index is 14.9. The molecule has 2 atom stereocenters. The lowest BCUT2D eigenvalue weighted by molar-refractivity contribution is -0.207. The fraction of sp³-hybridized carbons (Fsp3) is 0.381. The summed E-state index contributed by atoms with van der Waals surface area (Å²) in [5.41, 5.74) is 1.96. The minimum Gasteiger partial charge on any atom is -0.425 e. The van der Waals surface area contributed by atoms with Crippen LogP contribution in [0.2, 0.25) is 0 Å². The van der Waals surface area contributed by atoms with Crippen molar-refractivity contribution in [1.29, 1.82) is 0 Å². The Morgan fingerprint density at radius 2 is 1.93 bits per heavy atom. The summed E-state index contributed by atoms with van der Waals surface area (Å²) < 4.78 is 61.1. The highest BCUT2D eigenvalue weighted by Crippen LogP contribution is 2.36. The molecule has 2 unspecified atom stereocenters. The molecule has 1 saturated heterocycles. The van der Waals surface area contributed by atoms with Crippen LogP contribution in [-0.2, 0) is 21.2 Å².